The molecule has 1 aromatic heterocycles. The summed E-state index contributed by atoms with van der Waals surface area (Å²) in [5.74, 6) is 0. The van der Waals surface area contributed by atoms with Gasteiger partial charge >= 0.3 is 0 Å². The number of nitriles is 1. The Labute approximate surface area is 145 Å². The van der Waals surface area contributed by atoms with Crippen molar-refractivity contribution in [1.29, 1.82) is 5.26 Å². The maximum absolute atomic E-state index is 9.41. The second-order valence-corrected chi connectivity index (χ2v) is 6.55. The number of hydrogen-bond donors (Lipinski definition) is 0. The van der Waals surface area contributed by atoms with Crippen molar-refractivity contribution >= 4 is 38.9 Å². The summed E-state index contributed by atoms with van der Waals surface area (Å²) in [6.07, 6.45) is 5.71. The minimum absolute atomic E-state index is 0.581. The van der Waals surface area contributed by atoms with Gasteiger partial charge in [-0.05, 0) is 35.9 Å². The number of hydrogen-bond acceptors (Lipinski definition) is 4. The van der Waals surface area contributed by atoms with Crippen molar-refractivity contribution in [3.05, 3.63) is 71.3 Å². The third-order valence-corrected chi connectivity index (χ3v) is 4.68. The normalized spacial score (nSPS) is 11.8. The zero-order valence-electron chi connectivity index (χ0n) is 13.6. The van der Waals surface area contributed by atoms with Crippen molar-refractivity contribution in [2.24, 2.45) is 0 Å². The van der Waals surface area contributed by atoms with Crippen molar-refractivity contribution in [3.63, 3.8) is 0 Å². The fourth-order valence-corrected chi connectivity index (χ4v) is 3.22. The summed E-state index contributed by atoms with van der Waals surface area (Å²) >= 11 is 1.54. The van der Waals surface area contributed by atoms with Gasteiger partial charge in [0.2, 0.25) is 0 Å². The molecular weight excluding hydrogens is 314 g/mol. The van der Waals surface area contributed by atoms with Gasteiger partial charge < -0.3 is 4.90 Å². The number of benzene rings is 2. The quantitative estimate of drug-likeness (QED) is 0.500. The van der Waals surface area contributed by atoms with Crippen LogP contribution in [-0.4, -0.2) is 19.1 Å². The number of allylic oxidation sites excluding steroid dienone is 3. The minimum Gasteiger partial charge on any atom is -0.378 e. The van der Waals surface area contributed by atoms with Gasteiger partial charge in [-0.2, -0.15) is 5.26 Å². The molecule has 0 N–H and O–H groups in total. The number of rotatable bonds is 4. The number of thiazole rings is 1. The molecule has 0 aliphatic heterocycles. The second-order valence-electron chi connectivity index (χ2n) is 5.52. The standard InChI is InChI=1S/C20H17N3S/c1-23(2)17-12-10-15(11-13-17)6-5-7-16(14-21)20-22-18-8-3-4-9-19(18)24-20/h3-13H,1-2H3/b6-5+,16-7+. The van der Waals surface area contributed by atoms with Gasteiger partial charge in [-0.3, -0.25) is 0 Å². The van der Waals surface area contributed by atoms with E-state index >= 15 is 0 Å². The molecule has 0 amide bonds. The van der Waals surface area contributed by atoms with Gasteiger partial charge in [0, 0.05) is 19.8 Å². The average molecular weight is 331 g/mol. The van der Waals surface area contributed by atoms with E-state index in [9.17, 15) is 5.26 Å². The first-order chi connectivity index (χ1) is 11.7. The van der Waals surface area contributed by atoms with Gasteiger partial charge in [-0.1, -0.05) is 36.4 Å². The van der Waals surface area contributed by atoms with E-state index < -0.39 is 0 Å². The van der Waals surface area contributed by atoms with E-state index in [4.69, 9.17) is 0 Å². The Morgan fingerprint density at radius 2 is 1.88 bits per heavy atom. The first-order valence-electron chi connectivity index (χ1n) is 7.59. The van der Waals surface area contributed by atoms with Crippen LogP contribution in [0.15, 0.2) is 60.7 Å². The lowest BCUT2D eigenvalue weighted by Gasteiger charge is -2.11. The second kappa shape index (κ2) is 7.12. The Morgan fingerprint density at radius 1 is 1.12 bits per heavy atom. The highest BCUT2D eigenvalue weighted by Gasteiger charge is 2.07. The molecule has 3 aromatic rings. The molecule has 3 nitrogen and oxygen atoms in total. The molecule has 1 heterocycles. The molecular formula is C20H17N3S. The van der Waals surface area contributed by atoms with Crippen molar-refractivity contribution < 1.29 is 0 Å². The van der Waals surface area contributed by atoms with Crippen LogP contribution in [0.4, 0.5) is 5.69 Å². The van der Waals surface area contributed by atoms with Crippen LogP contribution < -0.4 is 4.90 Å². The highest BCUT2D eigenvalue weighted by molar-refractivity contribution is 7.19. The zero-order chi connectivity index (χ0) is 16.9. The summed E-state index contributed by atoms with van der Waals surface area (Å²) < 4.78 is 1.09. The molecule has 0 saturated carbocycles. The molecule has 4 heteroatoms. The van der Waals surface area contributed by atoms with Crippen molar-refractivity contribution in [1.82, 2.24) is 4.98 Å². The monoisotopic (exact) mass is 331 g/mol. The highest BCUT2D eigenvalue weighted by Crippen LogP contribution is 2.26. The van der Waals surface area contributed by atoms with Gasteiger partial charge in [-0.25, -0.2) is 4.98 Å². The van der Waals surface area contributed by atoms with Crippen LogP contribution >= 0.6 is 11.3 Å². The van der Waals surface area contributed by atoms with Crippen LogP contribution in [0.3, 0.4) is 0 Å². The summed E-state index contributed by atoms with van der Waals surface area (Å²) in [4.78, 5) is 6.59. The summed E-state index contributed by atoms with van der Waals surface area (Å²) in [6.45, 7) is 0. The predicted octanol–water partition coefficient (Wildman–Crippen LogP) is 4.98. The van der Waals surface area contributed by atoms with Gasteiger partial charge in [-0.15, -0.1) is 11.3 Å². The Morgan fingerprint density at radius 3 is 2.54 bits per heavy atom. The zero-order valence-corrected chi connectivity index (χ0v) is 14.4. The molecule has 0 atom stereocenters. The summed E-state index contributed by atoms with van der Waals surface area (Å²) in [7, 11) is 4.04. The lowest BCUT2D eigenvalue weighted by Crippen LogP contribution is -2.07. The number of anilines is 1. The summed E-state index contributed by atoms with van der Waals surface area (Å²) in [6, 6.07) is 18.4. The fourth-order valence-electron chi connectivity index (χ4n) is 2.28. The molecule has 118 valence electrons. The van der Waals surface area contributed by atoms with Crippen LogP contribution in [0.1, 0.15) is 10.6 Å². The summed E-state index contributed by atoms with van der Waals surface area (Å²) in [5.41, 5.74) is 3.77. The van der Waals surface area contributed by atoms with E-state index in [-0.39, 0.29) is 0 Å². The Balaban J connectivity index is 1.81. The topological polar surface area (TPSA) is 39.9 Å². The molecule has 0 radical (unpaired) electrons. The van der Waals surface area contributed by atoms with E-state index in [0.29, 0.717) is 5.57 Å². The van der Waals surface area contributed by atoms with Gasteiger partial charge in [0.15, 0.2) is 0 Å². The third kappa shape index (κ3) is 3.53. The molecule has 24 heavy (non-hydrogen) atoms. The van der Waals surface area contributed by atoms with Crippen LogP contribution in [0.2, 0.25) is 0 Å². The van der Waals surface area contributed by atoms with Gasteiger partial charge in [0.1, 0.15) is 11.1 Å². The van der Waals surface area contributed by atoms with Crippen LogP contribution in [0.5, 0.6) is 0 Å². The number of nitrogens with zero attached hydrogens (tertiary/aromatic N) is 3. The van der Waals surface area contributed by atoms with Crippen molar-refractivity contribution in [2.75, 3.05) is 19.0 Å². The molecule has 0 spiro atoms. The lowest BCUT2D eigenvalue weighted by molar-refractivity contribution is 1.13. The first-order valence-corrected chi connectivity index (χ1v) is 8.41. The van der Waals surface area contributed by atoms with Crippen molar-refractivity contribution in [3.8, 4) is 6.07 Å². The minimum atomic E-state index is 0.581. The molecule has 0 aliphatic carbocycles. The maximum Gasteiger partial charge on any atom is 0.135 e. The van der Waals surface area contributed by atoms with Crippen LogP contribution in [0, 0.1) is 11.3 Å². The molecule has 0 bridgehead atoms. The largest absolute Gasteiger partial charge is 0.378 e. The van der Waals surface area contributed by atoms with E-state index in [1.54, 1.807) is 11.3 Å². The van der Waals surface area contributed by atoms with Crippen molar-refractivity contribution in [2.45, 2.75) is 0 Å². The molecule has 0 aliphatic rings. The Kier molecular flexibility index (Phi) is 4.74. The predicted molar refractivity (Wildman–Crippen MR) is 103 cm³/mol. The smallest absolute Gasteiger partial charge is 0.135 e. The molecule has 0 saturated heterocycles. The lowest BCUT2D eigenvalue weighted by atomic mass is 10.1. The average Bonchev–Trinajstić information content (AvgIpc) is 3.03. The van der Waals surface area contributed by atoms with E-state index in [2.05, 4.69) is 40.2 Å². The molecule has 0 unspecified atom stereocenters. The van der Waals surface area contributed by atoms with Gasteiger partial charge in [0.05, 0.1) is 15.8 Å². The maximum atomic E-state index is 9.41. The third-order valence-electron chi connectivity index (χ3n) is 3.61. The van der Waals surface area contributed by atoms with E-state index in [1.165, 1.54) is 0 Å². The highest BCUT2D eigenvalue weighted by atomic mass is 32.1. The van der Waals surface area contributed by atoms with Gasteiger partial charge in [0.25, 0.3) is 0 Å². The van der Waals surface area contributed by atoms with E-state index in [1.807, 2.05) is 56.6 Å². The van der Waals surface area contributed by atoms with E-state index in [0.717, 1.165) is 26.5 Å². The Bertz CT molecular complexity index is 908. The van der Waals surface area contributed by atoms with Crippen LogP contribution in [0.25, 0.3) is 21.9 Å². The SMILES string of the molecule is CN(C)c1ccc(/C=C/C=C(\C#N)c2nc3ccccc3s2)cc1. The Hall–Kier alpha value is -2.90. The molecule has 0 fully saturated rings. The number of fused-ring (bicyclic) bond motifs is 1. The molecule has 2 aromatic carbocycles. The van der Waals surface area contributed by atoms with Crippen LogP contribution in [-0.2, 0) is 0 Å². The molecule has 3 rings (SSSR count). The first kappa shape index (κ1) is 16.0. The summed E-state index contributed by atoms with van der Waals surface area (Å²) in [5, 5.41) is 10.2. The number of aromatic nitrogens is 1. The fraction of sp³-hybridized carbons (Fsp3) is 0.100. The number of para-hydroxylation sites is 1.